The average molecular weight is 243 g/mol. The fourth-order valence-corrected chi connectivity index (χ4v) is 1.24. The molecule has 1 aromatic rings. The topological polar surface area (TPSA) is 24.9 Å². The maximum absolute atomic E-state index is 4.08. The zero-order chi connectivity index (χ0) is 9.90. The van der Waals surface area contributed by atoms with Crippen molar-refractivity contribution in [1.29, 1.82) is 0 Å². The molecule has 0 radical (unpaired) electrons. The van der Waals surface area contributed by atoms with Crippen LogP contribution in [0.2, 0.25) is 0 Å². The first-order valence-corrected chi connectivity index (χ1v) is 5.11. The van der Waals surface area contributed by atoms with Gasteiger partial charge in [-0.15, -0.1) is 0 Å². The summed E-state index contributed by atoms with van der Waals surface area (Å²) in [7, 11) is 0. The number of halogens is 1. The van der Waals surface area contributed by atoms with Gasteiger partial charge in [-0.2, -0.15) is 0 Å². The van der Waals surface area contributed by atoms with Gasteiger partial charge in [0.15, 0.2) is 0 Å². The van der Waals surface area contributed by atoms with Gasteiger partial charge in [0.25, 0.3) is 0 Å². The Hall–Kier alpha value is -0.570. The van der Waals surface area contributed by atoms with E-state index in [1.165, 1.54) is 0 Å². The van der Waals surface area contributed by atoms with Crippen LogP contribution in [-0.2, 0) is 0 Å². The van der Waals surface area contributed by atoms with Crippen LogP contribution in [0.15, 0.2) is 22.9 Å². The number of anilines is 1. The fourth-order valence-electron chi connectivity index (χ4n) is 0.876. The molecule has 1 rings (SSSR count). The molecule has 0 fully saturated rings. The Morgan fingerprint density at radius 1 is 1.38 bits per heavy atom. The SMILES string of the molecule is CC(C)(C)CNc1cncc(Br)c1. The smallest absolute Gasteiger partial charge is 0.0538 e. The van der Waals surface area contributed by atoms with Crippen LogP contribution < -0.4 is 5.32 Å². The standard InChI is InChI=1S/C10H15BrN2/c1-10(2,3)7-13-9-4-8(11)5-12-6-9/h4-6,13H,7H2,1-3H3. The van der Waals surface area contributed by atoms with Crippen LogP contribution >= 0.6 is 15.9 Å². The van der Waals surface area contributed by atoms with Gasteiger partial charge in [0.1, 0.15) is 0 Å². The minimum Gasteiger partial charge on any atom is -0.383 e. The molecule has 1 heterocycles. The summed E-state index contributed by atoms with van der Waals surface area (Å²) in [6.45, 7) is 7.55. The van der Waals surface area contributed by atoms with Crippen molar-refractivity contribution in [3.8, 4) is 0 Å². The van der Waals surface area contributed by atoms with E-state index in [0.29, 0.717) is 5.41 Å². The summed E-state index contributed by atoms with van der Waals surface area (Å²) in [4.78, 5) is 4.08. The minimum atomic E-state index is 0.294. The van der Waals surface area contributed by atoms with E-state index in [1.807, 2.05) is 12.3 Å². The predicted octanol–water partition coefficient (Wildman–Crippen LogP) is 3.30. The van der Waals surface area contributed by atoms with Crippen molar-refractivity contribution in [2.24, 2.45) is 5.41 Å². The van der Waals surface area contributed by atoms with E-state index in [1.54, 1.807) is 6.20 Å². The van der Waals surface area contributed by atoms with Crippen LogP contribution in [0.1, 0.15) is 20.8 Å². The fraction of sp³-hybridized carbons (Fsp3) is 0.500. The second-order valence-electron chi connectivity index (χ2n) is 4.31. The maximum Gasteiger partial charge on any atom is 0.0538 e. The summed E-state index contributed by atoms with van der Waals surface area (Å²) in [6.07, 6.45) is 3.61. The predicted molar refractivity (Wildman–Crippen MR) is 59.9 cm³/mol. The highest BCUT2D eigenvalue weighted by Gasteiger charge is 2.09. The van der Waals surface area contributed by atoms with E-state index < -0.39 is 0 Å². The summed E-state index contributed by atoms with van der Waals surface area (Å²) in [6, 6.07) is 2.03. The Morgan fingerprint density at radius 3 is 2.62 bits per heavy atom. The minimum absolute atomic E-state index is 0.294. The third kappa shape index (κ3) is 4.27. The zero-order valence-corrected chi connectivity index (χ0v) is 9.85. The summed E-state index contributed by atoms with van der Waals surface area (Å²) in [5, 5.41) is 3.33. The molecule has 0 unspecified atom stereocenters. The average Bonchev–Trinajstić information content (AvgIpc) is 2.00. The van der Waals surface area contributed by atoms with Crippen LogP contribution in [0.3, 0.4) is 0 Å². The van der Waals surface area contributed by atoms with Gasteiger partial charge in [-0.3, -0.25) is 4.98 Å². The first-order chi connectivity index (χ1) is 5.97. The molecule has 0 spiro atoms. The number of rotatable bonds is 2. The summed E-state index contributed by atoms with van der Waals surface area (Å²) in [5.41, 5.74) is 1.35. The maximum atomic E-state index is 4.08. The Morgan fingerprint density at radius 2 is 2.08 bits per heavy atom. The Balaban J connectivity index is 2.55. The quantitative estimate of drug-likeness (QED) is 0.861. The first-order valence-electron chi connectivity index (χ1n) is 4.32. The van der Waals surface area contributed by atoms with Crippen molar-refractivity contribution in [3.05, 3.63) is 22.9 Å². The van der Waals surface area contributed by atoms with Crippen LogP contribution in [-0.4, -0.2) is 11.5 Å². The van der Waals surface area contributed by atoms with Gasteiger partial charge in [0, 0.05) is 17.2 Å². The van der Waals surface area contributed by atoms with Gasteiger partial charge in [0.05, 0.1) is 11.9 Å². The second kappa shape index (κ2) is 4.09. The molecule has 3 heteroatoms. The molecule has 1 N–H and O–H groups in total. The number of aromatic nitrogens is 1. The molecule has 0 aliphatic carbocycles. The molecular weight excluding hydrogens is 228 g/mol. The lowest BCUT2D eigenvalue weighted by atomic mass is 9.97. The van der Waals surface area contributed by atoms with Crippen molar-refractivity contribution in [3.63, 3.8) is 0 Å². The van der Waals surface area contributed by atoms with Gasteiger partial charge in [0.2, 0.25) is 0 Å². The Labute approximate surface area is 87.9 Å². The molecule has 72 valence electrons. The van der Waals surface area contributed by atoms with Crippen LogP contribution in [0, 0.1) is 5.41 Å². The molecular formula is C10H15BrN2. The summed E-state index contributed by atoms with van der Waals surface area (Å²) >= 11 is 3.38. The van der Waals surface area contributed by atoms with Gasteiger partial charge >= 0.3 is 0 Å². The van der Waals surface area contributed by atoms with Crippen LogP contribution in [0.4, 0.5) is 5.69 Å². The third-order valence-electron chi connectivity index (χ3n) is 1.53. The van der Waals surface area contributed by atoms with Crippen molar-refractivity contribution < 1.29 is 0 Å². The van der Waals surface area contributed by atoms with Crippen molar-refractivity contribution in [1.82, 2.24) is 4.98 Å². The van der Waals surface area contributed by atoms with Gasteiger partial charge in [-0.05, 0) is 27.4 Å². The van der Waals surface area contributed by atoms with E-state index in [-0.39, 0.29) is 0 Å². The highest BCUT2D eigenvalue weighted by atomic mass is 79.9. The van der Waals surface area contributed by atoms with E-state index in [2.05, 4.69) is 47.0 Å². The number of hydrogen-bond donors (Lipinski definition) is 1. The molecule has 13 heavy (non-hydrogen) atoms. The highest BCUT2D eigenvalue weighted by Crippen LogP contribution is 2.17. The Bertz CT molecular complexity index is 278. The number of pyridine rings is 1. The zero-order valence-electron chi connectivity index (χ0n) is 8.26. The van der Waals surface area contributed by atoms with Gasteiger partial charge < -0.3 is 5.32 Å². The van der Waals surface area contributed by atoms with Crippen molar-refractivity contribution >= 4 is 21.6 Å². The lowest BCUT2D eigenvalue weighted by Gasteiger charge is -2.19. The molecule has 0 aliphatic rings. The summed E-state index contributed by atoms with van der Waals surface area (Å²) in [5.74, 6) is 0. The second-order valence-corrected chi connectivity index (χ2v) is 5.22. The largest absolute Gasteiger partial charge is 0.383 e. The van der Waals surface area contributed by atoms with E-state index in [4.69, 9.17) is 0 Å². The third-order valence-corrected chi connectivity index (χ3v) is 1.96. The van der Waals surface area contributed by atoms with Crippen LogP contribution in [0.5, 0.6) is 0 Å². The monoisotopic (exact) mass is 242 g/mol. The van der Waals surface area contributed by atoms with Gasteiger partial charge in [-0.1, -0.05) is 20.8 Å². The molecule has 0 saturated carbocycles. The number of nitrogens with zero attached hydrogens (tertiary/aromatic N) is 1. The van der Waals surface area contributed by atoms with Crippen molar-refractivity contribution in [2.45, 2.75) is 20.8 Å². The normalized spacial score (nSPS) is 11.4. The van der Waals surface area contributed by atoms with Crippen LogP contribution in [0.25, 0.3) is 0 Å². The highest BCUT2D eigenvalue weighted by molar-refractivity contribution is 9.10. The molecule has 0 amide bonds. The molecule has 0 saturated heterocycles. The molecule has 0 atom stereocenters. The lowest BCUT2D eigenvalue weighted by Crippen LogP contribution is -2.18. The van der Waals surface area contributed by atoms with E-state index in [0.717, 1.165) is 16.7 Å². The molecule has 0 aromatic carbocycles. The summed E-state index contributed by atoms with van der Waals surface area (Å²) < 4.78 is 1.01. The lowest BCUT2D eigenvalue weighted by molar-refractivity contribution is 0.443. The molecule has 0 aliphatic heterocycles. The molecule has 2 nitrogen and oxygen atoms in total. The molecule has 1 aromatic heterocycles. The Kier molecular flexibility index (Phi) is 3.31. The van der Waals surface area contributed by atoms with E-state index >= 15 is 0 Å². The number of nitrogens with one attached hydrogen (secondary N) is 1. The first kappa shape index (κ1) is 10.5. The van der Waals surface area contributed by atoms with Gasteiger partial charge in [-0.25, -0.2) is 0 Å². The van der Waals surface area contributed by atoms with E-state index in [9.17, 15) is 0 Å². The number of hydrogen-bond acceptors (Lipinski definition) is 2. The van der Waals surface area contributed by atoms with Crippen molar-refractivity contribution in [2.75, 3.05) is 11.9 Å². The molecule has 0 bridgehead atoms.